The molecule has 0 unspecified atom stereocenters. The van der Waals surface area contributed by atoms with Gasteiger partial charge in [0.15, 0.2) is 0 Å². The van der Waals surface area contributed by atoms with Gasteiger partial charge in [-0.1, -0.05) is 23.8 Å². The molecule has 1 nitrogen and oxygen atoms in total. The highest BCUT2D eigenvalue weighted by Crippen LogP contribution is 2.22. The van der Waals surface area contributed by atoms with Gasteiger partial charge >= 0.3 is 0 Å². The third-order valence-electron chi connectivity index (χ3n) is 1.41. The molecule has 0 aliphatic heterocycles. The molecule has 0 atom stereocenters. The van der Waals surface area contributed by atoms with Crippen LogP contribution in [0.25, 0.3) is 0 Å². The van der Waals surface area contributed by atoms with Crippen molar-refractivity contribution in [3.8, 4) is 0 Å². The minimum Gasteiger partial charge on any atom is -0.245 e. The third kappa shape index (κ3) is 2.72. The van der Waals surface area contributed by atoms with Gasteiger partial charge in [0, 0.05) is 4.91 Å². The Kier molecular flexibility index (Phi) is 3.21. The first-order chi connectivity index (χ1) is 5.20. The Morgan fingerprint density at radius 2 is 2.45 bits per heavy atom. The maximum atomic E-state index is 5.63. The van der Waals surface area contributed by atoms with Crippen LogP contribution in [-0.4, -0.2) is 5.17 Å². The van der Waals surface area contributed by atoms with E-state index >= 15 is 0 Å². The van der Waals surface area contributed by atoms with Crippen molar-refractivity contribution in [2.24, 2.45) is 4.99 Å². The van der Waals surface area contributed by atoms with Gasteiger partial charge in [-0.25, -0.2) is 4.99 Å². The fraction of sp³-hybridized carbons (Fsp3) is 0.375. The molecular formula is C8H10ClNS. The van der Waals surface area contributed by atoms with Gasteiger partial charge in [-0.05, 0) is 19.8 Å². The summed E-state index contributed by atoms with van der Waals surface area (Å²) in [6.45, 7) is 1.77. The molecule has 3 heteroatoms. The summed E-state index contributed by atoms with van der Waals surface area (Å²) in [5.41, 5.74) is 0.989. The van der Waals surface area contributed by atoms with Gasteiger partial charge < -0.3 is 0 Å². The largest absolute Gasteiger partial charge is 0.245 e. The number of halogens is 1. The summed E-state index contributed by atoms with van der Waals surface area (Å²) >= 11 is 9.89. The van der Waals surface area contributed by atoms with Gasteiger partial charge in [-0.2, -0.15) is 0 Å². The lowest BCUT2D eigenvalue weighted by Gasteiger charge is -2.06. The first-order valence-electron chi connectivity index (χ1n) is 3.49. The van der Waals surface area contributed by atoms with E-state index in [1.54, 1.807) is 6.92 Å². The molecule has 1 aliphatic carbocycles. The first kappa shape index (κ1) is 8.88. The molecule has 1 aliphatic rings. The Morgan fingerprint density at radius 3 is 3.00 bits per heavy atom. The zero-order valence-electron chi connectivity index (χ0n) is 6.34. The molecule has 0 heterocycles. The van der Waals surface area contributed by atoms with E-state index in [0.717, 1.165) is 23.4 Å². The van der Waals surface area contributed by atoms with Crippen LogP contribution in [0, 0.1) is 0 Å². The second kappa shape index (κ2) is 3.98. The first-order valence-corrected chi connectivity index (χ1v) is 4.32. The highest BCUT2D eigenvalue weighted by atomic mass is 35.5. The molecule has 0 aromatic carbocycles. The fourth-order valence-electron chi connectivity index (χ4n) is 0.938. The summed E-state index contributed by atoms with van der Waals surface area (Å²) in [5.74, 6) is 0. The number of nitrogens with zero attached hydrogens (tertiary/aromatic N) is 1. The molecule has 11 heavy (non-hydrogen) atoms. The molecular weight excluding hydrogens is 178 g/mol. The Labute approximate surface area is 77.3 Å². The molecule has 60 valence electrons. The molecule has 0 saturated carbocycles. The molecule has 0 fully saturated rings. The minimum atomic E-state index is 0.571. The van der Waals surface area contributed by atoms with Crippen molar-refractivity contribution in [1.82, 2.24) is 0 Å². The molecule has 0 amide bonds. The third-order valence-corrected chi connectivity index (χ3v) is 1.90. The van der Waals surface area contributed by atoms with Crippen LogP contribution in [-0.2, 0) is 0 Å². The van der Waals surface area contributed by atoms with Crippen LogP contribution in [0.2, 0.25) is 0 Å². The lowest BCUT2D eigenvalue weighted by Crippen LogP contribution is -1.89. The van der Waals surface area contributed by atoms with Crippen LogP contribution in [0.3, 0.4) is 0 Å². The zero-order valence-corrected chi connectivity index (χ0v) is 7.99. The average Bonchev–Trinajstić information content (AvgIpc) is 1.93. The summed E-state index contributed by atoms with van der Waals surface area (Å²) < 4.78 is 0. The van der Waals surface area contributed by atoms with Crippen LogP contribution >= 0.6 is 24.2 Å². The van der Waals surface area contributed by atoms with E-state index in [1.807, 2.05) is 6.08 Å². The van der Waals surface area contributed by atoms with Gasteiger partial charge in [-0.3, -0.25) is 0 Å². The Hall–Kier alpha value is -0.210. The van der Waals surface area contributed by atoms with Gasteiger partial charge in [0.2, 0.25) is 0 Å². The maximum Gasteiger partial charge on any atom is 0.103 e. The van der Waals surface area contributed by atoms with E-state index in [9.17, 15) is 0 Å². The van der Waals surface area contributed by atoms with Gasteiger partial charge in [-0.15, -0.1) is 12.6 Å². The molecule has 0 aromatic rings. The number of rotatable bonds is 1. The summed E-state index contributed by atoms with van der Waals surface area (Å²) in [6, 6.07) is 0. The van der Waals surface area contributed by atoms with Crippen LogP contribution in [0.5, 0.6) is 0 Å². The molecule has 0 aromatic heterocycles. The quantitative estimate of drug-likeness (QED) is 0.479. The lowest BCUT2D eigenvalue weighted by molar-refractivity contribution is 0.941. The fourth-order valence-corrected chi connectivity index (χ4v) is 1.31. The van der Waals surface area contributed by atoms with Crippen LogP contribution < -0.4 is 0 Å². The summed E-state index contributed by atoms with van der Waals surface area (Å²) in [6.07, 6.45) is 6.03. The van der Waals surface area contributed by atoms with Gasteiger partial charge in [0.25, 0.3) is 0 Å². The number of thiol groups is 1. The van der Waals surface area contributed by atoms with Crippen LogP contribution in [0.1, 0.15) is 19.8 Å². The van der Waals surface area contributed by atoms with Crippen molar-refractivity contribution in [1.29, 1.82) is 0 Å². The Balaban J connectivity index is 2.84. The topological polar surface area (TPSA) is 12.4 Å². The molecule has 0 N–H and O–H groups in total. The van der Waals surface area contributed by atoms with E-state index in [2.05, 4.69) is 23.7 Å². The van der Waals surface area contributed by atoms with Crippen LogP contribution in [0.4, 0.5) is 0 Å². The Morgan fingerprint density at radius 1 is 1.73 bits per heavy atom. The van der Waals surface area contributed by atoms with E-state index < -0.39 is 0 Å². The van der Waals surface area contributed by atoms with Crippen molar-refractivity contribution in [2.45, 2.75) is 19.8 Å². The minimum absolute atomic E-state index is 0.571. The number of allylic oxidation sites excluding steroid dienone is 3. The second-order valence-corrected chi connectivity index (χ2v) is 3.41. The number of hydrogen-bond acceptors (Lipinski definition) is 2. The van der Waals surface area contributed by atoms with Crippen molar-refractivity contribution < 1.29 is 0 Å². The Bertz CT molecular complexity index is 236. The SMILES string of the molecule is CC(Cl)=NC1=C(S)C=CCC1. The summed E-state index contributed by atoms with van der Waals surface area (Å²) in [5, 5.41) is 0.571. The average molecular weight is 188 g/mol. The van der Waals surface area contributed by atoms with Crippen molar-refractivity contribution in [2.75, 3.05) is 0 Å². The summed E-state index contributed by atoms with van der Waals surface area (Å²) in [4.78, 5) is 5.08. The molecule has 0 saturated heterocycles. The smallest absolute Gasteiger partial charge is 0.103 e. The van der Waals surface area contributed by atoms with E-state index in [4.69, 9.17) is 11.6 Å². The van der Waals surface area contributed by atoms with Crippen molar-refractivity contribution in [3.63, 3.8) is 0 Å². The predicted molar refractivity (Wildman–Crippen MR) is 53.3 cm³/mol. The lowest BCUT2D eigenvalue weighted by atomic mass is 10.1. The highest BCUT2D eigenvalue weighted by molar-refractivity contribution is 7.84. The molecule has 0 radical (unpaired) electrons. The monoisotopic (exact) mass is 187 g/mol. The maximum absolute atomic E-state index is 5.63. The standard InChI is InChI=1S/C8H10ClNS/c1-6(9)10-7-4-2-3-5-8(7)11/h3,5,11H,2,4H2,1H3. The van der Waals surface area contributed by atoms with Gasteiger partial charge in [0.05, 0.1) is 5.70 Å². The van der Waals surface area contributed by atoms with Crippen molar-refractivity contribution in [3.05, 3.63) is 22.8 Å². The second-order valence-electron chi connectivity index (χ2n) is 2.38. The predicted octanol–water partition coefficient (Wildman–Crippen LogP) is 3.14. The number of aliphatic imine (C=N–C) groups is 1. The molecule has 1 rings (SSSR count). The normalized spacial score (nSPS) is 19.4. The zero-order chi connectivity index (χ0) is 8.27. The summed E-state index contributed by atoms with van der Waals surface area (Å²) in [7, 11) is 0. The molecule has 0 bridgehead atoms. The van der Waals surface area contributed by atoms with E-state index in [1.165, 1.54) is 0 Å². The number of hydrogen-bond donors (Lipinski definition) is 1. The van der Waals surface area contributed by atoms with E-state index in [0.29, 0.717) is 5.17 Å². The van der Waals surface area contributed by atoms with Crippen molar-refractivity contribution >= 4 is 29.4 Å². The van der Waals surface area contributed by atoms with Gasteiger partial charge in [0.1, 0.15) is 5.17 Å². The van der Waals surface area contributed by atoms with E-state index in [-0.39, 0.29) is 0 Å². The molecule has 0 spiro atoms. The highest BCUT2D eigenvalue weighted by Gasteiger charge is 2.03. The van der Waals surface area contributed by atoms with Crippen LogP contribution in [0.15, 0.2) is 27.7 Å².